The summed E-state index contributed by atoms with van der Waals surface area (Å²) in [4.78, 5) is 33.8. The maximum Gasteiger partial charge on any atom is 0.389 e. The van der Waals surface area contributed by atoms with Gasteiger partial charge < -0.3 is 21.1 Å². The van der Waals surface area contributed by atoms with Crippen LogP contribution in [-0.2, 0) is 25.1 Å². The Morgan fingerprint density at radius 2 is 1.81 bits per heavy atom. The van der Waals surface area contributed by atoms with Crippen LogP contribution < -0.4 is 11.1 Å². The molecule has 5 N–H and O–H groups in total. The second-order valence-electron chi connectivity index (χ2n) is 7.00. The smallest absolute Gasteiger partial charge is 0.389 e. The molecule has 0 saturated carbocycles. The van der Waals surface area contributed by atoms with E-state index in [1.165, 1.54) is 0 Å². The summed E-state index contributed by atoms with van der Waals surface area (Å²) in [6, 6.07) is 8.81. The van der Waals surface area contributed by atoms with Crippen molar-refractivity contribution in [3.05, 3.63) is 35.9 Å². The molecule has 0 bridgehead atoms. The summed E-state index contributed by atoms with van der Waals surface area (Å²) in [6.45, 7) is 0.273. The number of unbranched alkanes of at least 4 members (excludes halogenated alkanes) is 1. The zero-order valence-electron chi connectivity index (χ0n) is 16.9. The number of rotatable bonds is 14. The predicted molar refractivity (Wildman–Crippen MR) is 107 cm³/mol. The molecule has 0 heterocycles. The molecule has 3 atom stereocenters. The Morgan fingerprint density at radius 3 is 2.35 bits per heavy atom. The number of halogens is 3. The van der Waals surface area contributed by atoms with Crippen LogP contribution in [0.4, 0.5) is 13.2 Å². The third-order valence-electron chi connectivity index (χ3n) is 4.38. The number of alkyl halides is 3. The van der Waals surface area contributed by atoms with Gasteiger partial charge >= 0.3 is 19.7 Å². The summed E-state index contributed by atoms with van der Waals surface area (Å²) in [5.74, 6) is -4.17. The number of benzene rings is 1. The number of carbonyl (C=O) groups excluding carboxylic acids is 1. The zero-order valence-corrected chi connectivity index (χ0v) is 17.8. The first kappa shape index (κ1) is 27.1. The van der Waals surface area contributed by atoms with E-state index < -0.39 is 50.4 Å². The third kappa shape index (κ3) is 11.3. The van der Waals surface area contributed by atoms with Crippen molar-refractivity contribution in [2.75, 3.05) is 6.54 Å². The van der Waals surface area contributed by atoms with E-state index in [4.69, 9.17) is 10.3 Å². The van der Waals surface area contributed by atoms with Gasteiger partial charge in [0, 0.05) is 12.8 Å². The highest BCUT2D eigenvalue weighted by molar-refractivity contribution is 7.53. The number of carboxylic acid groups (broad SMARTS) is 1. The Bertz CT molecular complexity index is 748. The molecule has 176 valence electrons. The van der Waals surface area contributed by atoms with Crippen LogP contribution in [0.2, 0.25) is 0 Å². The molecule has 0 aliphatic heterocycles. The van der Waals surface area contributed by atoms with Crippen molar-refractivity contribution >= 4 is 19.5 Å². The summed E-state index contributed by atoms with van der Waals surface area (Å²) in [7, 11) is -4.94. The lowest BCUT2D eigenvalue weighted by atomic mass is 10.1. The van der Waals surface area contributed by atoms with E-state index in [0.29, 0.717) is 6.42 Å². The number of carbonyl (C=O) groups is 2. The molecular weight excluding hydrogens is 440 g/mol. The first-order chi connectivity index (χ1) is 14.4. The number of carboxylic acids is 1. The van der Waals surface area contributed by atoms with Crippen LogP contribution in [0.5, 0.6) is 0 Å². The molecule has 0 aliphatic carbocycles. The van der Waals surface area contributed by atoms with Crippen LogP contribution in [-0.4, -0.2) is 46.5 Å². The number of nitrogens with one attached hydrogen (secondary N) is 1. The molecule has 1 aromatic carbocycles. The van der Waals surface area contributed by atoms with Crippen LogP contribution >= 0.6 is 7.60 Å². The average molecular weight is 468 g/mol. The molecule has 0 aromatic heterocycles. The van der Waals surface area contributed by atoms with Gasteiger partial charge in [-0.3, -0.25) is 13.9 Å². The fraction of sp³-hybridized carbons (Fsp3) is 0.579. The van der Waals surface area contributed by atoms with Crippen LogP contribution in [0, 0.1) is 0 Å². The number of hydrogen-bond acceptors (Lipinski definition) is 5. The van der Waals surface area contributed by atoms with Gasteiger partial charge in [-0.25, -0.2) is 4.79 Å². The summed E-state index contributed by atoms with van der Waals surface area (Å²) >= 11 is 0. The van der Waals surface area contributed by atoms with Gasteiger partial charge in [0.05, 0.1) is 0 Å². The minimum atomic E-state index is -4.94. The van der Waals surface area contributed by atoms with E-state index in [0.717, 1.165) is 5.56 Å². The fourth-order valence-corrected chi connectivity index (χ4v) is 4.20. The molecule has 1 aromatic rings. The summed E-state index contributed by atoms with van der Waals surface area (Å²) in [5, 5.41) is 11.3. The first-order valence-electron chi connectivity index (χ1n) is 9.78. The average Bonchev–Trinajstić information content (AvgIpc) is 2.68. The highest BCUT2D eigenvalue weighted by Gasteiger charge is 2.40. The van der Waals surface area contributed by atoms with Crippen molar-refractivity contribution in [2.45, 2.75) is 63.0 Å². The van der Waals surface area contributed by atoms with Gasteiger partial charge in [-0.2, -0.15) is 13.2 Å². The van der Waals surface area contributed by atoms with Crippen molar-refractivity contribution in [1.82, 2.24) is 5.32 Å². The minimum absolute atomic E-state index is 0.134. The lowest BCUT2D eigenvalue weighted by Crippen LogP contribution is -2.37. The normalized spacial score (nSPS) is 15.6. The quantitative estimate of drug-likeness (QED) is 0.243. The fourth-order valence-electron chi connectivity index (χ4n) is 2.73. The number of nitrogens with two attached hydrogens (primary N) is 1. The van der Waals surface area contributed by atoms with E-state index >= 15 is 0 Å². The van der Waals surface area contributed by atoms with Crippen LogP contribution in [0.25, 0.3) is 0 Å². The molecule has 0 spiro atoms. The van der Waals surface area contributed by atoms with Gasteiger partial charge in [-0.05, 0) is 44.2 Å². The highest BCUT2D eigenvalue weighted by atomic mass is 31.2. The van der Waals surface area contributed by atoms with Gasteiger partial charge in [0.2, 0.25) is 5.91 Å². The Kier molecular flexibility index (Phi) is 11.2. The maximum absolute atomic E-state index is 12.7. The van der Waals surface area contributed by atoms with Crippen LogP contribution in [0.1, 0.15) is 44.1 Å². The van der Waals surface area contributed by atoms with Gasteiger partial charge in [-0.15, -0.1) is 0 Å². The second kappa shape index (κ2) is 12.8. The van der Waals surface area contributed by atoms with E-state index in [-0.39, 0.29) is 32.2 Å². The topological polar surface area (TPSA) is 139 Å². The summed E-state index contributed by atoms with van der Waals surface area (Å²) in [5.41, 5.74) is 6.13. The predicted octanol–water partition coefficient (Wildman–Crippen LogP) is 3.19. The van der Waals surface area contributed by atoms with Gasteiger partial charge in [0.1, 0.15) is 5.78 Å². The Hall–Kier alpha value is -1.94. The van der Waals surface area contributed by atoms with E-state index in [2.05, 4.69) is 5.32 Å². The Balaban J connectivity index is 2.86. The Morgan fingerprint density at radius 1 is 1.16 bits per heavy atom. The van der Waals surface area contributed by atoms with Gasteiger partial charge in [0.15, 0.2) is 6.10 Å². The maximum atomic E-state index is 12.7. The summed E-state index contributed by atoms with van der Waals surface area (Å²) in [6.07, 6.45) is -8.01. The molecule has 3 unspecified atom stereocenters. The van der Waals surface area contributed by atoms with Gasteiger partial charge in [-0.1, -0.05) is 30.3 Å². The Labute approximate surface area is 178 Å². The number of aryl methyl sites for hydroxylation is 1. The van der Waals surface area contributed by atoms with Crippen molar-refractivity contribution in [3.63, 3.8) is 0 Å². The van der Waals surface area contributed by atoms with Gasteiger partial charge in [0.25, 0.3) is 0 Å². The molecule has 31 heavy (non-hydrogen) atoms. The molecule has 1 amide bonds. The van der Waals surface area contributed by atoms with E-state index in [1.54, 1.807) is 30.3 Å². The number of aliphatic carboxylic acids is 1. The molecule has 12 heteroatoms. The third-order valence-corrected chi connectivity index (χ3v) is 6.11. The zero-order chi connectivity index (χ0) is 23.5. The molecule has 0 fully saturated rings. The van der Waals surface area contributed by atoms with Crippen molar-refractivity contribution in [3.8, 4) is 0 Å². The van der Waals surface area contributed by atoms with Crippen LogP contribution in [0.15, 0.2) is 30.3 Å². The molecular formula is C19H28F3N2O6P. The monoisotopic (exact) mass is 468 g/mol. The first-order valence-corrected chi connectivity index (χ1v) is 11.4. The van der Waals surface area contributed by atoms with Crippen molar-refractivity contribution in [1.29, 1.82) is 0 Å². The lowest BCUT2D eigenvalue weighted by molar-refractivity contribution is -0.146. The molecule has 0 radical (unpaired) electrons. The van der Waals surface area contributed by atoms with Crippen molar-refractivity contribution in [2.24, 2.45) is 5.73 Å². The molecule has 0 aliphatic rings. The summed E-state index contributed by atoms with van der Waals surface area (Å²) < 4.78 is 55.5. The SMILES string of the molecule is NCCCCC(OP(=O)(O)C(CCC(F)(F)F)NC(=O)CCc1ccccc1)C(=O)O. The van der Waals surface area contributed by atoms with E-state index in [1.807, 2.05) is 0 Å². The number of amides is 1. The second-order valence-corrected chi connectivity index (χ2v) is 8.97. The van der Waals surface area contributed by atoms with Crippen molar-refractivity contribution < 1.29 is 41.8 Å². The molecule has 1 rings (SSSR count). The number of hydrogen-bond donors (Lipinski definition) is 4. The van der Waals surface area contributed by atoms with Crippen LogP contribution in [0.3, 0.4) is 0 Å². The molecule has 8 nitrogen and oxygen atoms in total. The molecule has 0 saturated heterocycles. The standard InChI is InChI=1S/C19H28F3N2O6P/c20-19(21,22)12-11-17(24-16(25)10-9-14-6-2-1-3-7-14)31(28,29)30-15(18(26)27)8-4-5-13-23/h1-3,6-7,15,17H,4-5,8-13,23H2,(H,24,25)(H,26,27)(H,28,29). The highest BCUT2D eigenvalue weighted by Crippen LogP contribution is 2.50. The largest absolute Gasteiger partial charge is 0.479 e. The van der Waals surface area contributed by atoms with E-state index in [9.17, 15) is 37.3 Å². The minimum Gasteiger partial charge on any atom is -0.479 e. The lowest BCUT2D eigenvalue weighted by Gasteiger charge is -2.26.